The van der Waals surface area contributed by atoms with Crippen LogP contribution in [0.15, 0.2) is 41.5 Å². The lowest BCUT2D eigenvalue weighted by molar-refractivity contribution is 0.531. The molecule has 0 aliphatic rings. The second kappa shape index (κ2) is 7.66. The maximum absolute atomic E-state index is 13.1. The summed E-state index contributed by atoms with van der Waals surface area (Å²) in [6, 6.07) is 7.32. The van der Waals surface area contributed by atoms with E-state index in [1.165, 1.54) is 0 Å². The van der Waals surface area contributed by atoms with Crippen LogP contribution in [-0.2, 0) is 18.4 Å². The summed E-state index contributed by atoms with van der Waals surface area (Å²) in [6.45, 7) is 9.66. The fourth-order valence-corrected chi connectivity index (χ4v) is 3.84. The van der Waals surface area contributed by atoms with E-state index >= 15 is 0 Å². The molecule has 148 valence electrons. The molecule has 6 nitrogen and oxygen atoms in total. The number of benzene rings is 1. The number of nitrogens with one attached hydrogen (secondary N) is 1. The van der Waals surface area contributed by atoms with Crippen LogP contribution in [-0.4, -0.2) is 23.8 Å². The summed E-state index contributed by atoms with van der Waals surface area (Å²) in [6.07, 6.45) is 3.38. The van der Waals surface area contributed by atoms with Gasteiger partial charge in [0, 0.05) is 41.9 Å². The highest BCUT2D eigenvalue weighted by molar-refractivity contribution is 7.90. The van der Waals surface area contributed by atoms with Gasteiger partial charge in [-0.25, -0.2) is 4.98 Å². The Hall–Kier alpha value is -2.22. The summed E-state index contributed by atoms with van der Waals surface area (Å²) in [5, 5.41) is 0.556. The molecular weight excluding hydrogens is 372 g/mol. The highest BCUT2D eigenvalue weighted by atomic mass is 32.2. The number of hydrogen-bond acceptors (Lipinski definition) is 5. The smallest absolute Gasteiger partial charge is 0.261 e. The van der Waals surface area contributed by atoms with Crippen LogP contribution in [0.3, 0.4) is 0 Å². The van der Waals surface area contributed by atoms with Crippen LogP contribution >= 0.6 is 0 Å². The number of hydrogen-bond donors (Lipinski definition) is 1. The zero-order valence-corrected chi connectivity index (χ0v) is 17.9. The van der Waals surface area contributed by atoms with Gasteiger partial charge in [0.15, 0.2) is 0 Å². The monoisotopic (exact) mass is 398 g/mol. The third-order valence-corrected chi connectivity index (χ3v) is 6.26. The van der Waals surface area contributed by atoms with E-state index in [-0.39, 0.29) is 11.6 Å². The molecule has 1 N–H and O–H groups in total. The van der Waals surface area contributed by atoms with E-state index in [1.807, 2.05) is 58.9 Å². The Balaban J connectivity index is 2.21. The van der Waals surface area contributed by atoms with Gasteiger partial charge in [0.2, 0.25) is 0 Å². The minimum absolute atomic E-state index is 0.113. The number of aryl methyl sites for hydroxylation is 1. The number of nitrogens with zero attached hydrogens (tertiary/aromatic N) is 3. The molecular formula is C21H26N4O2S. The molecule has 7 heteroatoms. The van der Waals surface area contributed by atoms with Crippen molar-refractivity contribution in [3.05, 3.63) is 58.1 Å². The summed E-state index contributed by atoms with van der Waals surface area (Å²) < 4.78 is 16.9. The molecule has 2 atom stereocenters. The van der Waals surface area contributed by atoms with Crippen LogP contribution in [0.4, 0.5) is 0 Å². The standard InChI is InChI=1S/C21H26N4O2S/c1-13-10-16(14(2)24-28(27)21(3,4)5)18-17(11-13)20(26)25(6)19(23-18)15-8-7-9-22-12-15/h7-12,14,24H,1-6H3/t14-,28?/m1/s1. The number of aromatic nitrogens is 3. The molecule has 0 saturated heterocycles. The Morgan fingerprint density at radius 3 is 2.61 bits per heavy atom. The molecule has 1 aromatic carbocycles. The van der Waals surface area contributed by atoms with E-state index in [1.54, 1.807) is 24.0 Å². The lowest BCUT2D eigenvalue weighted by Gasteiger charge is -2.27. The minimum Gasteiger partial charge on any atom is -0.598 e. The van der Waals surface area contributed by atoms with Crippen molar-refractivity contribution in [1.29, 1.82) is 0 Å². The molecule has 2 heterocycles. The summed E-state index contributed by atoms with van der Waals surface area (Å²) >= 11 is -1.24. The van der Waals surface area contributed by atoms with Crippen molar-refractivity contribution < 1.29 is 4.55 Å². The first-order valence-electron chi connectivity index (χ1n) is 9.19. The van der Waals surface area contributed by atoms with Gasteiger partial charge in [-0.2, -0.15) is 0 Å². The Morgan fingerprint density at radius 1 is 1.29 bits per heavy atom. The molecule has 1 unspecified atom stereocenters. The van der Waals surface area contributed by atoms with Crippen molar-refractivity contribution in [3.63, 3.8) is 0 Å². The predicted octanol–water partition coefficient (Wildman–Crippen LogP) is 3.42. The number of pyridine rings is 1. The molecule has 0 bridgehead atoms. The summed E-state index contributed by atoms with van der Waals surface area (Å²) in [4.78, 5) is 22.0. The fraction of sp³-hybridized carbons (Fsp3) is 0.381. The molecule has 0 aliphatic heterocycles. The molecule has 2 aromatic heterocycles. The van der Waals surface area contributed by atoms with E-state index in [2.05, 4.69) is 9.71 Å². The van der Waals surface area contributed by atoms with Gasteiger partial charge in [0.25, 0.3) is 5.56 Å². The Bertz CT molecular complexity index is 1060. The lowest BCUT2D eigenvalue weighted by Crippen LogP contribution is -2.40. The van der Waals surface area contributed by atoms with Gasteiger partial charge in [0.05, 0.1) is 16.9 Å². The first kappa shape index (κ1) is 20.5. The van der Waals surface area contributed by atoms with Gasteiger partial charge in [-0.15, -0.1) is 4.72 Å². The predicted molar refractivity (Wildman–Crippen MR) is 114 cm³/mol. The van der Waals surface area contributed by atoms with Crippen LogP contribution in [0.5, 0.6) is 0 Å². The Labute approximate surface area is 168 Å². The quantitative estimate of drug-likeness (QED) is 0.681. The Morgan fingerprint density at radius 2 is 2.00 bits per heavy atom. The first-order valence-corrected chi connectivity index (χ1v) is 10.3. The highest BCUT2D eigenvalue weighted by Crippen LogP contribution is 2.27. The van der Waals surface area contributed by atoms with Crippen molar-refractivity contribution in [3.8, 4) is 11.4 Å². The van der Waals surface area contributed by atoms with Crippen molar-refractivity contribution in [2.75, 3.05) is 0 Å². The fourth-order valence-electron chi connectivity index (χ4n) is 3.04. The lowest BCUT2D eigenvalue weighted by atomic mass is 10.0. The van der Waals surface area contributed by atoms with E-state index in [4.69, 9.17) is 4.98 Å². The molecule has 0 fully saturated rings. The van der Waals surface area contributed by atoms with Crippen molar-refractivity contribution >= 4 is 22.3 Å². The maximum atomic E-state index is 13.1. The van der Waals surface area contributed by atoms with Gasteiger partial charge >= 0.3 is 0 Å². The molecule has 0 radical (unpaired) electrons. The summed E-state index contributed by atoms with van der Waals surface area (Å²) in [5.74, 6) is 0.555. The molecule has 0 amide bonds. The highest BCUT2D eigenvalue weighted by Gasteiger charge is 2.29. The zero-order chi connectivity index (χ0) is 20.6. The summed E-state index contributed by atoms with van der Waals surface area (Å²) in [5.41, 5.74) is 3.10. The van der Waals surface area contributed by atoms with Crippen molar-refractivity contribution in [1.82, 2.24) is 19.3 Å². The average Bonchev–Trinajstić information content (AvgIpc) is 2.64. The van der Waals surface area contributed by atoms with Crippen molar-refractivity contribution in [2.45, 2.75) is 45.4 Å². The zero-order valence-electron chi connectivity index (χ0n) is 17.1. The average molecular weight is 399 g/mol. The topological polar surface area (TPSA) is 82.9 Å². The minimum atomic E-state index is -1.24. The maximum Gasteiger partial charge on any atom is 0.261 e. The van der Waals surface area contributed by atoms with Gasteiger partial charge in [-0.1, -0.05) is 6.07 Å². The summed E-state index contributed by atoms with van der Waals surface area (Å²) in [7, 11) is 1.72. The van der Waals surface area contributed by atoms with Crippen molar-refractivity contribution in [2.24, 2.45) is 7.05 Å². The van der Waals surface area contributed by atoms with E-state index in [9.17, 15) is 9.35 Å². The van der Waals surface area contributed by atoms with Gasteiger partial charge in [-0.05, 0) is 58.4 Å². The van der Waals surface area contributed by atoms with Crippen LogP contribution < -0.4 is 10.3 Å². The number of fused-ring (bicyclic) bond motifs is 1. The molecule has 28 heavy (non-hydrogen) atoms. The van der Waals surface area contributed by atoms with Crippen LogP contribution in [0.2, 0.25) is 0 Å². The molecule has 0 aliphatic carbocycles. The van der Waals surface area contributed by atoms with Crippen LogP contribution in [0, 0.1) is 6.92 Å². The van der Waals surface area contributed by atoms with Gasteiger partial charge in [0.1, 0.15) is 10.6 Å². The largest absolute Gasteiger partial charge is 0.598 e. The Kier molecular flexibility index (Phi) is 5.61. The van der Waals surface area contributed by atoms with Crippen LogP contribution in [0.25, 0.3) is 22.3 Å². The SMILES string of the molecule is Cc1cc([C@@H](C)N[S+]([O-])C(C)(C)C)c2nc(-c3cccnc3)n(C)c(=O)c2c1. The second-order valence-corrected chi connectivity index (χ2v) is 10.0. The first-order chi connectivity index (χ1) is 13.1. The third-order valence-electron chi connectivity index (χ3n) is 4.58. The van der Waals surface area contributed by atoms with Crippen LogP contribution in [0.1, 0.15) is 44.9 Å². The van der Waals surface area contributed by atoms with E-state index in [0.717, 1.165) is 16.7 Å². The van der Waals surface area contributed by atoms with Gasteiger partial charge < -0.3 is 4.55 Å². The second-order valence-electron chi connectivity index (χ2n) is 8.01. The van der Waals surface area contributed by atoms with Gasteiger partial charge in [-0.3, -0.25) is 14.3 Å². The normalized spacial score (nSPS) is 14.2. The van der Waals surface area contributed by atoms with E-state index in [0.29, 0.717) is 16.7 Å². The van der Waals surface area contributed by atoms with E-state index < -0.39 is 16.1 Å². The number of rotatable bonds is 4. The molecule has 0 saturated carbocycles. The third kappa shape index (κ3) is 3.97. The molecule has 3 aromatic rings. The molecule has 3 rings (SSSR count). The molecule has 0 spiro atoms.